The van der Waals surface area contributed by atoms with Gasteiger partial charge in [-0.25, -0.2) is 4.63 Å². The highest BCUT2D eigenvalue weighted by Gasteiger charge is 2.05. The molecule has 0 N–H and O–H groups in total. The topological polar surface area (TPSA) is 56.0 Å². The van der Waals surface area contributed by atoms with Gasteiger partial charge in [0.05, 0.1) is 0 Å². The average molecular weight is 154 g/mol. The number of aryl methyl sites for hydroxylation is 2. The molecule has 0 radical (unpaired) electrons. The van der Waals surface area contributed by atoms with Crippen LogP contribution in [0.25, 0.3) is 0 Å². The highest BCUT2D eigenvalue weighted by molar-refractivity contribution is 5.75. The molecule has 0 bridgehead atoms. The summed E-state index contributed by atoms with van der Waals surface area (Å²) in [5.74, 6) is 0.160. The highest BCUT2D eigenvalue weighted by atomic mass is 16.6. The van der Waals surface area contributed by atoms with Gasteiger partial charge in [-0.2, -0.15) is 0 Å². The molecule has 1 aromatic rings. The summed E-state index contributed by atoms with van der Waals surface area (Å²) in [6.45, 7) is 3.37. The van der Waals surface area contributed by atoms with E-state index in [-0.39, 0.29) is 5.78 Å². The zero-order valence-corrected chi connectivity index (χ0v) is 6.63. The Morgan fingerprint density at radius 2 is 2.27 bits per heavy atom. The third kappa shape index (κ3) is 2.14. The van der Waals surface area contributed by atoms with Crippen LogP contribution in [0.5, 0.6) is 0 Å². The first-order valence-corrected chi connectivity index (χ1v) is 3.47. The number of carbonyl (C=O) groups excluding carboxylic acids is 1. The Labute approximate surface area is 64.6 Å². The SMILES string of the molecule is CC(=O)CCc1nonc1C. The molecule has 4 nitrogen and oxygen atoms in total. The lowest BCUT2D eigenvalue weighted by Gasteiger charge is -1.90. The third-order valence-electron chi connectivity index (χ3n) is 1.46. The number of aromatic nitrogens is 2. The minimum absolute atomic E-state index is 0.160. The number of rotatable bonds is 3. The number of Topliss-reactive ketones (excluding diaryl/α,β-unsaturated/α-hetero) is 1. The van der Waals surface area contributed by atoms with Gasteiger partial charge in [-0.1, -0.05) is 10.3 Å². The second-order valence-corrected chi connectivity index (χ2v) is 2.50. The predicted octanol–water partition coefficient (Wildman–Crippen LogP) is 0.900. The standard InChI is InChI=1S/C7H10N2O2/c1-5(10)3-4-7-6(2)8-11-9-7/h3-4H2,1-2H3. The average Bonchev–Trinajstić information content (AvgIpc) is 2.31. The number of carbonyl (C=O) groups is 1. The van der Waals surface area contributed by atoms with Crippen molar-refractivity contribution in [3.8, 4) is 0 Å². The van der Waals surface area contributed by atoms with Crippen molar-refractivity contribution < 1.29 is 9.42 Å². The monoisotopic (exact) mass is 154 g/mol. The van der Waals surface area contributed by atoms with Crippen molar-refractivity contribution in [2.75, 3.05) is 0 Å². The molecule has 11 heavy (non-hydrogen) atoms. The molecule has 0 spiro atoms. The van der Waals surface area contributed by atoms with Gasteiger partial charge in [-0.15, -0.1) is 0 Å². The maximum absolute atomic E-state index is 10.6. The van der Waals surface area contributed by atoms with Gasteiger partial charge in [0.15, 0.2) is 0 Å². The van der Waals surface area contributed by atoms with Crippen molar-refractivity contribution in [1.29, 1.82) is 0 Å². The van der Waals surface area contributed by atoms with Crippen LogP contribution in [-0.2, 0) is 11.2 Å². The van der Waals surface area contributed by atoms with Crippen molar-refractivity contribution in [3.05, 3.63) is 11.4 Å². The van der Waals surface area contributed by atoms with E-state index in [0.717, 1.165) is 11.4 Å². The zero-order chi connectivity index (χ0) is 8.27. The predicted molar refractivity (Wildman–Crippen MR) is 38.0 cm³/mol. The Balaban J connectivity index is 2.51. The molecule has 0 unspecified atom stereocenters. The molecule has 0 atom stereocenters. The van der Waals surface area contributed by atoms with Crippen molar-refractivity contribution in [2.24, 2.45) is 0 Å². The maximum Gasteiger partial charge on any atom is 0.130 e. The van der Waals surface area contributed by atoms with Crippen molar-refractivity contribution >= 4 is 5.78 Å². The van der Waals surface area contributed by atoms with Gasteiger partial charge in [-0.05, 0) is 13.8 Å². The van der Waals surface area contributed by atoms with Crippen LogP contribution in [0.4, 0.5) is 0 Å². The van der Waals surface area contributed by atoms with E-state index in [1.165, 1.54) is 0 Å². The first-order chi connectivity index (χ1) is 5.20. The highest BCUT2D eigenvalue weighted by Crippen LogP contribution is 2.03. The minimum atomic E-state index is 0.160. The van der Waals surface area contributed by atoms with Gasteiger partial charge in [0.25, 0.3) is 0 Å². The van der Waals surface area contributed by atoms with Gasteiger partial charge in [0.2, 0.25) is 0 Å². The fraction of sp³-hybridized carbons (Fsp3) is 0.571. The summed E-state index contributed by atoms with van der Waals surface area (Å²) < 4.78 is 4.47. The number of ketones is 1. The molecule has 0 aromatic carbocycles. The van der Waals surface area contributed by atoms with E-state index in [0.29, 0.717) is 12.8 Å². The fourth-order valence-corrected chi connectivity index (χ4v) is 0.771. The summed E-state index contributed by atoms with van der Waals surface area (Å²) in [6, 6.07) is 0. The van der Waals surface area contributed by atoms with Crippen molar-refractivity contribution in [1.82, 2.24) is 10.3 Å². The summed E-state index contributed by atoms with van der Waals surface area (Å²) in [7, 11) is 0. The summed E-state index contributed by atoms with van der Waals surface area (Å²) >= 11 is 0. The van der Waals surface area contributed by atoms with Crippen LogP contribution < -0.4 is 0 Å². The smallest absolute Gasteiger partial charge is 0.130 e. The van der Waals surface area contributed by atoms with Crippen molar-refractivity contribution in [2.45, 2.75) is 26.7 Å². The first-order valence-electron chi connectivity index (χ1n) is 3.47. The van der Waals surface area contributed by atoms with Crippen LogP contribution >= 0.6 is 0 Å². The van der Waals surface area contributed by atoms with Gasteiger partial charge in [0, 0.05) is 12.8 Å². The Hall–Kier alpha value is -1.19. The lowest BCUT2D eigenvalue weighted by molar-refractivity contribution is -0.116. The molecule has 1 aromatic heterocycles. The zero-order valence-electron chi connectivity index (χ0n) is 6.63. The largest absolute Gasteiger partial charge is 0.300 e. The van der Waals surface area contributed by atoms with E-state index in [1.54, 1.807) is 6.92 Å². The Bertz CT molecular complexity index is 255. The Kier molecular flexibility index (Phi) is 2.36. The van der Waals surface area contributed by atoms with Crippen LogP contribution in [0.2, 0.25) is 0 Å². The number of hydrogen-bond donors (Lipinski definition) is 0. The van der Waals surface area contributed by atoms with Crippen LogP contribution in [-0.4, -0.2) is 16.1 Å². The normalized spacial score (nSPS) is 10.0. The van der Waals surface area contributed by atoms with Crippen LogP contribution in [0.1, 0.15) is 24.7 Å². The molecule has 0 saturated carbocycles. The second kappa shape index (κ2) is 3.27. The molecule has 0 fully saturated rings. The summed E-state index contributed by atoms with van der Waals surface area (Å²) in [5.41, 5.74) is 1.55. The molecule has 0 aliphatic carbocycles. The van der Waals surface area contributed by atoms with Crippen LogP contribution in [0.3, 0.4) is 0 Å². The molecule has 4 heteroatoms. The Morgan fingerprint density at radius 3 is 2.73 bits per heavy atom. The van der Waals surface area contributed by atoms with E-state index in [1.807, 2.05) is 6.92 Å². The third-order valence-corrected chi connectivity index (χ3v) is 1.46. The number of hydrogen-bond acceptors (Lipinski definition) is 4. The molecular formula is C7H10N2O2. The molecule has 0 amide bonds. The Morgan fingerprint density at radius 1 is 1.55 bits per heavy atom. The summed E-state index contributed by atoms with van der Waals surface area (Å²) in [6.07, 6.45) is 1.14. The number of nitrogens with zero attached hydrogens (tertiary/aromatic N) is 2. The van der Waals surface area contributed by atoms with Gasteiger partial charge in [0.1, 0.15) is 17.2 Å². The molecule has 60 valence electrons. The minimum Gasteiger partial charge on any atom is -0.300 e. The van der Waals surface area contributed by atoms with Gasteiger partial charge in [-0.3, -0.25) is 0 Å². The molecule has 0 aliphatic heterocycles. The van der Waals surface area contributed by atoms with E-state index >= 15 is 0 Å². The van der Waals surface area contributed by atoms with E-state index < -0.39 is 0 Å². The van der Waals surface area contributed by atoms with Crippen LogP contribution in [0.15, 0.2) is 4.63 Å². The quantitative estimate of drug-likeness (QED) is 0.649. The van der Waals surface area contributed by atoms with E-state index in [2.05, 4.69) is 14.9 Å². The molecule has 1 rings (SSSR count). The fourth-order valence-electron chi connectivity index (χ4n) is 0.771. The second-order valence-electron chi connectivity index (χ2n) is 2.50. The first kappa shape index (κ1) is 7.91. The van der Waals surface area contributed by atoms with Crippen molar-refractivity contribution in [3.63, 3.8) is 0 Å². The summed E-state index contributed by atoms with van der Waals surface area (Å²) in [5, 5.41) is 7.25. The maximum atomic E-state index is 10.6. The van der Waals surface area contributed by atoms with E-state index in [9.17, 15) is 4.79 Å². The van der Waals surface area contributed by atoms with Gasteiger partial charge < -0.3 is 4.79 Å². The van der Waals surface area contributed by atoms with Crippen LogP contribution in [0, 0.1) is 6.92 Å². The summed E-state index contributed by atoms with van der Waals surface area (Å²) in [4.78, 5) is 10.6. The lowest BCUT2D eigenvalue weighted by atomic mass is 10.2. The van der Waals surface area contributed by atoms with Gasteiger partial charge >= 0.3 is 0 Å². The lowest BCUT2D eigenvalue weighted by Crippen LogP contribution is -1.95. The molecular weight excluding hydrogens is 144 g/mol. The molecule has 0 aliphatic rings. The molecule has 0 saturated heterocycles. The molecule has 1 heterocycles. The van der Waals surface area contributed by atoms with E-state index in [4.69, 9.17) is 0 Å².